The fourth-order valence-electron chi connectivity index (χ4n) is 3.70. The Morgan fingerprint density at radius 2 is 1.93 bits per heavy atom. The zero-order chi connectivity index (χ0) is 22.0. The number of benzene rings is 1. The highest BCUT2D eigenvalue weighted by atomic mass is 19.3. The van der Waals surface area contributed by atoms with Crippen LogP contribution in [0.25, 0.3) is 0 Å². The number of unbranched alkanes of at least 4 members (excludes halogenated alkanes) is 1. The normalized spacial score (nSPS) is 24.7. The standard InChI is InChI=1S/C24H32F2O4/c1-18(27)9-5-2-3-8-12-20-21(23(29)17-22(20)28)13-14-24(25,26)15-16-30-19-10-6-4-7-11-19/h3-4,6-8,10-11,13-14,20-23,28-29H,2,5,9,12,15-17H2,1H3/b8-3-,14-13?/t20-,21-,22+,23-/m1/s1. The number of hydrogen-bond acceptors (Lipinski definition) is 4. The number of rotatable bonds is 12. The number of para-hydroxylation sites is 1. The van der Waals surface area contributed by atoms with E-state index in [1.807, 2.05) is 18.2 Å². The average Bonchev–Trinajstić information content (AvgIpc) is 2.96. The second-order valence-corrected chi connectivity index (χ2v) is 7.94. The number of allylic oxidation sites excluding steroid dienone is 3. The van der Waals surface area contributed by atoms with E-state index in [1.165, 1.54) is 6.08 Å². The molecule has 0 amide bonds. The zero-order valence-electron chi connectivity index (χ0n) is 17.4. The highest BCUT2D eigenvalue weighted by molar-refractivity contribution is 5.75. The quantitative estimate of drug-likeness (QED) is 0.378. The molecule has 1 aromatic rings. The van der Waals surface area contributed by atoms with Crippen LogP contribution >= 0.6 is 0 Å². The van der Waals surface area contributed by atoms with Crippen molar-refractivity contribution in [3.05, 3.63) is 54.6 Å². The predicted molar refractivity (Wildman–Crippen MR) is 113 cm³/mol. The highest BCUT2D eigenvalue weighted by Gasteiger charge is 2.40. The van der Waals surface area contributed by atoms with Crippen LogP contribution in [-0.4, -0.2) is 40.7 Å². The van der Waals surface area contributed by atoms with Crippen LogP contribution in [0.5, 0.6) is 5.75 Å². The van der Waals surface area contributed by atoms with Crippen molar-refractivity contribution < 1.29 is 28.5 Å². The molecule has 2 rings (SSSR count). The van der Waals surface area contributed by atoms with Crippen LogP contribution in [0, 0.1) is 11.8 Å². The number of alkyl halides is 2. The number of hydrogen-bond donors (Lipinski definition) is 2. The van der Waals surface area contributed by atoms with E-state index in [0.717, 1.165) is 18.9 Å². The Bertz CT molecular complexity index is 702. The molecule has 166 valence electrons. The van der Waals surface area contributed by atoms with Crippen molar-refractivity contribution in [1.29, 1.82) is 0 Å². The Balaban J connectivity index is 1.85. The Labute approximate surface area is 177 Å². The number of carbonyl (C=O) groups excluding carboxylic acids is 1. The Kier molecular flexibility index (Phi) is 9.66. The van der Waals surface area contributed by atoms with Crippen molar-refractivity contribution in [3.8, 4) is 5.75 Å². The molecule has 30 heavy (non-hydrogen) atoms. The second kappa shape index (κ2) is 12.0. The Hall–Kier alpha value is -2.05. The van der Waals surface area contributed by atoms with E-state index in [0.29, 0.717) is 18.6 Å². The number of ether oxygens (including phenoxy) is 1. The van der Waals surface area contributed by atoms with E-state index in [2.05, 4.69) is 0 Å². The predicted octanol–water partition coefficient (Wildman–Crippen LogP) is 4.71. The molecule has 1 aliphatic carbocycles. The smallest absolute Gasteiger partial charge is 0.269 e. The molecule has 4 nitrogen and oxygen atoms in total. The molecule has 1 aromatic carbocycles. The molecule has 0 saturated heterocycles. The molecular formula is C24H32F2O4. The molecule has 0 bridgehead atoms. The molecule has 0 spiro atoms. The average molecular weight is 423 g/mol. The number of aliphatic hydroxyl groups excluding tert-OH is 2. The first-order valence-electron chi connectivity index (χ1n) is 10.5. The molecular weight excluding hydrogens is 390 g/mol. The second-order valence-electron chi connectivity index (χ2n) is 7.94. The minimum atomic E-state index is -3.06. The van der Waals surface area contributed by atoms with Crippen LogP contribution in [0.3, 0.4) is 0 Å². The van der Waals surface area contributed by atoms with E-state index in [4.69, 9.17) is 4.74 Å². The number of ketones is 1. The number of halogens is 2. The van der Waals surface area contributed by atoms with Gasteiger partial charge < -0.3 is 19.7 Å². The lowest BCUT2D eigenvalue weighted by Gasteiger charge is -2.20. The van der Waals surface area contributed by atoms with Gasteiger partial charge in [-0.25, -0.2) is 8.78 Å². The zero-order valence-corrected chi connectivity index (χ0v) is 17.4. The molecule has 0 aliphatic heterocycles. The summed E-state index contributed by atoms with van der Waals surface area (Å²) in [6, 6.07) is 8.80. The van der Waals surface area contributed by atoms with E-state index in [1.54, 1.807) is 31.2 Å². The SMILES string of the molecule is CC(=O)CCC/C=C\C[C@@H]1[C@@H](C=CC(F)(F)CCOc2ccccc2)[C@H](O)C[C@@H]1O. The Morgan fingerprint density at radius 3 is 2.63 bits per heavy atom. The van der Waals surface area contributed by atoms with Gasteiger partial charge in [-0.05, 0) is 50.3 Å². The first kappa shape index (κ1) is 24.2. The molecule has 1 aliphatic rings. The molecule has 0 aromatic heterocycles. The summed E-state index contributed by atoms with van der Waals surface area (Å²) in [5.41, 5.74) is 0. The van der Waals surface area contributed by atoms with Gasteiger partial charge in [0, 0.05) is 25.2 Å². The summed E-state index contributed by atoms with van der Waals surface area (Å²) < 4.78 is 33.8. The molecule has 0 unspecified atom stereocenters. The van der Waals surface area contributed by atoms with Gasteiger partial charge in [-0.3, -0.25) is 0 Å². The minimum Gasteiger partial charge on any atom is -0.493 e. The van der Waals surface area contributed by atoms with Gasteiger partial charge >= 0.3 is 0 Å². The van der Waals surface area contributed by atoms with Crippen molar-refractivity contribution >= 4 is 5.78 Å². The first-order valence-corrected chi connectivity index (χ1v) is 10.5. The summed E-state index contributed by atoms with van der Waals surface area (Å²) in [4.78, 5) is 10.9. The van der Waals surface area contributed by atoms with Crippen LogP contribution in [0.4, 0.5) is 8.78 Å². The van der Waals surface area contributed by atoms with E-state index >= 15 is 0 Å². The summed E-state index contributed by atoms with van der Waals surface area (Å²) in [5, 5.41) is 20.4. The lowest BCUT2D eigenvalue weighted by molar-refractivity contribution is -0.117. The molecule has 0 heterocycles. The largest absolute Gasteiger partial charge is 0.493 e. The van der Waals surface area contributed by atoms with Crippen LogP contribution < -0.4 is 4.74 Å². The van der Waals surface area contributed by atoms with Gasteiger partial charge in [0.15, 0.2) is 0 Å². The molecule has 4 atom stereocenters. The summed E-state index contributed by atoms with van der Waals surface area (Å²) in [6.45, 7) is 1.43. The lowest BCUT2D eigenvalue weighted by atomic mass is 9.89. The third-order valence-electron chi connectivity index (χ3n) is 5.40. The highest BCUT2D eigenvalue weighted by Crippen LogP contribution is 2.37. The maximum Gasteiger partial charge on any atom is 0.269 e. The van der Waals surface area contributed by atoms with Gasteiger partial charge in [-0.1, -0.05) is 36.4 Å². The van der Waals surface area contributed by atoms with Crippen molar-refractivity contribution in [2.24, 2.45) is 11.8 Å². The van der Waals surface area contributed by atoms with Crippen LogP contribution in [0.2, 0.25) is 0 Å². The molecule has 1 fully saturated rings. The van der Waals surface area contributed by atoms with Gasteiger partial charge in [0.2, 0.25) is 0 Å². The monoisotopic (exact) mass is 422 g/mol. The van der Waals surface area contributed by atoms with Crippen LogP contribution in [0.15, 0.2) is 54.6 Å². The summed E-state index contributed by atoms with van der Waals surface area (Å²) in [5.74, 6) is -3.20. The minimum absolute atomic E-state index is 0.121. The maximum absolute atomic E-state index is 14.2. The third kappa shape index (κ3) is 8.36. The maximum atomic E-state index is 14.2. The molecule has 1 saturated carbocycles. The van der Waals surface area contributed by atoms with Gasteiger partial charge in [0.25, 0.3) is 5.92 Å². The topological polar surface area (TPSA) is 66.8 Å². The van der Waals surface area contributed by atoms with Gasteiger partial charge in [-0.2, -0.15) is 0 Å². The summed E-state index contributed by atoms with van der Waals surface area (Å²) in [7, 11) is 0. The molecule has 6 heteroatoms. The van der Waals surface area contributed by atoms with E-state index in [-0.39, 0.29) is 24.7 Å². The molecule has 0 radical (unpaired) electrons. The van der Waals surface area contributed by atoms with Crippen LogP contribution in [-0.2, 0) is 4.79 Å². The van der Waals surface area contributed by atoms with Crippen molar-refractivity contribution in [3.63, 3.8) is 0 Å². The summed E-state index contributed by atoms with van der Waals surface area (Å²) in [6.07, 6.45) is 6.71. The fourth-order valence-corrected chi connectivity index (χ4v) is 3.70. The first-order chi connectivity index (χ1) is 14.3. The number of aliphatic hydroxyl groups is 2. The van der Waals surface area contributed by atoms with E-state index < -0.39 is 30.5 Å². The molecule has 2 N–H and O–H groups in total. The van der Waals surface area contributed by atoms with Gasteiger partial charge in [-0.15, -0.1) is 0 Å². The fraction of sp³-hybridized carbons (Fsp3) is 0.542. The third-order valence-corrected chi connectivity index (χ3v) is 5.40. The lowest BCUT2D eigenvalue weighted by Crippen LogP contribution is -2.22. The number of Topliss-reactive ketones (excluding diaryl/α,β-unsaturated/α-hetero) is 1. The summed E-state index contributed by atoms with van der Waals surface area (Å²) >= 11 is 0. The van der Waals surface area contributed by atoms with E-state index in [9.17, 15) is 23.8 Å². The van der Waals surface area contributed by atoms with Gasteiger partial charge in [0.05, 0.1) is 18.8 Å². The van der Waals surface area contributed by atoms with Crippen molar-refractivity contribution in [2.45, 2.75) is 63.6 Å². The number of carbonyl (C=O) groups is 1. The Morgan fingerprint density at radius 1 is 1.20 bits per heavy atom. The van der Waals surface area contributed by atoms with Gasteiger partial charge in [0.1, 0.15) is 11.5 Å². The van der Waals surface area contributed by atoms with Crippen molar-refractivity contribution in [1.82, 2.24) is 0 Å². The van der Waals surface area contributed by atoms with Crippen LogP contribution in [0.1, 0.15) is 45.4 Å². The van der Waals surface area contributed by atoms with Crippen molar-refractivity contribution in [2.75, 3.05) is 6.61 Å².